The second kappa shape index (κ2) is 5.05. The van der Waals surface area contributed by atoms with Crippen molar-refractivity contribution in [3.8, 4) is 0 Å². The van der Waals surface area contributed by atoms with E-state index in [0.29, 0.717) is 5.56 Å². The van der Waals surface area contributed by atoms with Crippen LogP contribution < -0.4 is 0 Å². The van der Waals surface area contributed by atoms with Crippen LogP contribution in [0.25, 0.3) is 0 Å². The molecular formula is C10H13NO2S. The van der Waals surface area contributed by atoms with E-state index in [-0.39, 0.29) is 5.17 Å². The molecule has 0 aliphatic rings. The number of aliphatic hydroxyl groups is 1. The quantitative estimate of drug-likeness (QED) is 0.443. The highest BCUT2D eigenvalue weighted by Gasteiger charge is 1.95. The molecule has 0 amide bonds. The third kappa shape index (κ3) is 3.06. The van der Waals surface area contributed by atoms with Gasteiger partial charge in [-0.05, 0) is 26.2 Å². The Morgan fingerprint density at radius 2 is 1.93 bits per heavy atom. The van der Waals surface area contributed by atoms with E-state index in [9.17, 15) is 9.90 Å². The molecule has 0 aliphatic carbocycles. The zero-order valence-electron chi connectivity index (χ0n) is 8.14. The molecule has 0 radical (unpaired) electrons. The Balaban J connectivity index is 2.88. The van der Waals surface area contributed by atoms with Crippen molar-refractivity contribution in [1.82, 2.24) is 4.90 Å². The largest absolute Gasteiger partial charge is 0.346 e. The molecule has 0 unspecified atom stereocenters. The predicted octanol–water partition coefficient (Wildman–Crippen LogP) is 1.53. The number of rotatable bonds is 2. The van der Waals surface area contributed by atoms with Crippen molar-refractivity contribution < 1.29 is 9.90 Å². The van der Waals surface area contributed by atoms with Crippen LogP contribution in [0.2, 0.25) is 0 Å². The lowest BCUT2D eigenvalue weighted by atomic mass is 10.2. The summed E-state index contributed by atoms with van der Waals surface area (Å²) in [5, 5.41) is 9.75. The fourth-order valence-electron chi connectivity index (χ4n) is 0.843. The molecule has 1 N–H and O–H groups in total. The lowest BCUT2D eigenvalue weighted by Crippen LogP contribution is -2.19. The number of aliphatic hydroxyl groups excluding tert-OH is 1. The standard InChI is InChI=1S/C10H13NO2S/c1-11(2)10(13)14-9-5-3-8(7-12)4-6-9/h3-7,13-14H,1-2H3. The minimum atomic E-state index is 0.281. The Bertz CT molecular complexity index is 344. The summed E-state index contributed by atoms with van der Waals surface area (Å²) in [7, 11) is 3.56. The van der Waals surface area contributed by atoms with E-state index in [2.05, 4.69) is 0 Å². The van der Waals surface area contributed by atoms with Crippen molar-refractivity contribution in [2.75, 3.05) is 14.1 Å². The molecule has 0 aliphatic heterocycles. The van der Waals surface area contributed by atoms with Crippen molar-refractivity contribution in [3.05, 3.63) is 29.8 Å². The maximum absolute atomic E-state index is 10.4. The number of nitrogens with zero attached hydrogens (tertiary/aromatic N) is 1. The molecule has 0 spiro atoms. The molecule has 0 saturated heterocycles. The van der Waals surface area contributed by atoms with Gasteiger partial charge in [0, 0.05) is 10.5 Å². The Morgan fingerprint density at radius 3 is 2.36 bits per heavy atom. The molecule has 1 aromatic rings. The molecule has 0 aromatic heterocycles. The number of hydrogen-bond acceptors (Lipinski definition) is 1. The van der Waals surface area contributed by atoms with Crippen LogP contribution in [0.15, 0.2) is 29.2 Å². The van der Waals surface area contributed by atoms with Gasteiger partial charge < -0.3 is 5.11 Å². The fraction of sp³-hybridized carbons (Fsp3) is 0.200. The predicted molar refractivity (Wildman–Crippen MR) is 60.4 cm³/mol. The summed E-state index contributed by atoms with van der Waals surface area (Å²) in [5.74, 6) is 0. The average Bonchev–Trinajstić information content (AvgIpc) is 2.19. The smallest absolute Gasteiger partial charge is 0.150 e. The topological polar surface area (TPSA) is 40.5 Å². The molecule has 1 aromatic carbocycles. The number of hydrogen-bond donors (Lipinski definition) is 2. The van der Waals surface area contributed by atoms with Crippen molar-refractivity contribution in [2.45, 2.75) is 4.90 Å². The van der Waals surface area contributed by atoms with Gasteiger partial charge in [-0.3, -0.25) is 9.69 Å². The van der Waals surface area contributed by atoms with Gasteiger partial charge in [-0.15, -0.1) is 11.4 Å². The van der Waals surface area contributed by atoms with Crippen LogP contribution in [0.1, 0.15) is 10.4 Å². The van der Waals surface area contributed by atoms with Crippen molar-refractivity contribution in [2.24, 2.45) is 0 Å². The first-order valence-electron chi connectivity index (χ1n) is 4.13. The maximum Gasteiger partial charge on any atom is 0.150 e. The van der Waals surface area contributed by atoms with Crippen LogP contribution in [0.4, 0.5) is 0 Å². The Kier molecular flexibility index (Phi) is 4.00. The third-order valence-electron chi connectivity index (χ3n) is 1.66. The third-order valence-corrected chi connectivity index (χ3v) is 2.81. The van der Waals surface area contributed by atoms with E-state index < -0.39 is 0 Å². The lowest BCUT2D eigenvalue weighted by Gasteiger charge is -2.07. The molecular weight excluding hydrogens is 198 g/mol. The van der Waals surface area contributed by atoms with Crippen LogP contribution in [-0.2, 0) is 0 Å². The first kappa shape index (κ1) is 11.1. The molecule has 4 heteroatoms. The fourth-order valence-corrected chi connectivity index (χ4v) is 1.57. The minimum Gasteiger partial charge on any atom is -0.346 e. The van der Waals surface area contributed by atoms with E-state index in [0.717, 1.165) is 22.5 Å². The van der Waals surface area contributed by atoms with Crippen LogP contribution in [0.5, 0.6) is 0 Å². The van der Waals surface area contributed by atoms with Crippen LogP contribution in [0.3, 0.4) is 0 Å². The van der Waals surface area contributed by atoms with Gasteiger partial charge in [0.15, 0.2) is 0 Å². The van der Waals surface area contributed by atoms with E-state index in [1.54, 1.807) is 31.1 Å². The number of thiol groups is 1. The zero-order chi connectivity index (χ0) is 10.6. The molecule has 0 saturated carbocycles. The molecule has 1 rings (SSSR count). The monoisotopic (exact) mass is 211 g/mol. The van der Waals surface area contributed by atoms with Crippen LogP contribution in [0, 0.1) is 0 Å². The highest BCUT2D eigenvalue weighted by Crippen LogP contribution is 2.12. The Labute approximate surface area is 86.9 Å². The number of aldehydes is 1. The summed E-state index contributed by atoms with van der Waals surface area (Å²) in [6, 6.07) is 7.12. The van der Waals surface area contributed by atoms with Gasteiger partial charge >= 0.3 is 0 Å². The first-order chi connectivity index (χ1) is 6.63. The summed E-state index contributed by atoms with van der Waals surface area (Å²) in [6.45, 7) is 0. The number of benzene rings is 1. The van der Waals surface area contributed by atoms with Gasteiger partial charge in [0.2, 0.25) is 0 Å². The average molecular weight is 211 g/mol. The molecule has 3 nitrogen and oxygen atoms in total. The lowest BCUT2D eigenvalue weighted by molar-refractivity contribution is 0.112. The molecule has 0 atom stereocenters. The summed E-state index contributed by atoms with van der Waals surface area (Å²) in [4.78, 5) is 13.0. The summed E-state index contributed by atoms with van der Waals surface area (Å²) in [5.41, 5.74) is 0.647. The summed E-state index contributed by atoms with van der Waals surface area (Å²) in [6.07, 6.45) is 0.802. The van der Waals surface area contributed by atoms with E-state index >= 15 is 0 Å². The van der Waals surface area contributed by atoms with Gasteiger partial charge in [-0.1, -0.05) is 12.1 Å². The van der Waals surface area contributed by atoms with Crippen molar-refractivity contribution >= 4 is 22.8 Å². The second-order valence-corrected chi connectivity index (χ2v) is 4.16. The maximum atomic E-state index is 10.4. The highest BCUT2D eigenvalue weighted by molar-refractivity contribution is 7.98. The first-order valence-corrected chi connectivity index (χ1v) is 5.03. The summed E-state index contributed by atoms with van der Waals surface area (Å²) >= 11 is 0.746. The Hall–Kier alpha value is -0.970. The zero-order valence-corrected chi connectivity index (χ0v) is 9.03. The molecule has 14 heavy (non-hydrogen) atoms. The van der Waals surface area contributed by atoms with Gasteiger partial charge in [0.1, 0.15) is 11.5 Å². The van der Waals surface area contributed by atoms with Gasteiger partial charge in [-0.2, -0.15) is 0 Å². The van der Waals surface area contributed by atoms with E-state index in [4.69, 9.17) is 0 Å². The van der Waals surface area contributed by atoms with Crippen LogP contribution in [-0.4, -0.2) is 35.6 Å². The van der Waals surface area contributed by atoms with Gasteiger partial charge in [0.05, 0.1) is 0 Å². The Morgan fingerprint density at radius 1 is 1.36 bits per heavy atom. The SMILES string of the molecule is CN(C)C(O)=[SH]c1ccc(C=O)cc1. The number of carbonyl (C=O) groups excluding carboxylic acids is 1. The van der Waals surface area contributed by atoms with E-state index in [1.165, 1.54) is 0 Å². The van der Waals surface area contributed by atoms with Crippen molar-refractivity contribution in [1.29, 1.82) is 0 Å². The van der Waals surface area contributed by atoms with E-state index in [1.807, 2.05) is 12.1 Å². The highest BCUT2D eigenvalue weighted by atomic mass is 32.1. The van der Waals surface area contributed by atoms with Gasteiger partial charge in [-0.25, -0.2) is 0 Å². The molecule has 76 valence electrons. The van der Waals surface area contributed by atoms with Crippen LogP contribution >= 0.6 is 11.4 Å². The van der Waals surface area contributed by atoms with Gasteiger partial charge in [0.25, 0.3) is 0 Å². The summed E-state index contributed by atoms with van der Waals surface area (Å²) < 4.78 is 0. The minimum absolute atomic E-state index is 0.281. The second-order valence-electron chi connectivity index (χ2n) is 3.02. The molecule has 0 fully saturated rings. The van der Waals surface area contributed by atoms with Crippen molar-refractivity contribution in [3.63, 3.8) is 0 Å². The normalized spacial score (nSPS) is 12.4. The molecule has 0 bridgehead atoms. The molecule has 0 heterocycles. The number of carbonyl (C=O) groups is 1.